The lowest BCUT2D eigenvalue weighted by molar-refractivity contribution is 0.582. The Balaban J connectivity index is 2.44. The number of hydrogen-bond acceptors (Lipinski definition) is 3. The first-order valence-electron chi connectivity index (χ1n) is 5.74. The molecule has 0 saturated carbocycles. The Kier molecular flexibility index (Phi) is 4.20. The smallest absolute Gasteiger partial charge is 0.262 e. The molecule has 0 fully saturated rings. The van der Waals surface area contributed by atoms with E-state index in [0.29, 0.717) is 5.56 Å². The van der Waals surface area contributed by atoms with Gasteiger partial charge in [0.25, 0.3) is 10.0 Å². The van der Waals surface area contributed by atoms with Crippen LogP contribution in [0.15, 0.2) is 39.7 Å². The minimum atomic E-state index is -4.14. The predicted molar refractivity (Wildman–Crippen MR) is 80.5 cm³/mol. The highest BCUT2D eigenvalue weighted by molar-refractivity contribution is 9.10. The van der Waals surface area contributed by atoms with E-state index >= 15 is 0 Å². The molecule has 0 saturated heterocycles. The Morgan fingerprint density at radius 2 is 1.71 bits per heavy atom. The summed E-state index contributed by atoms with van der Waals surface area (Å²) in [5.74, 6) is -2.05. The predicted octanol–water partition coefficient (Wildman–Crippen LogP) is 3.42. The molecule has 0 radical (unpaired) electrons. The van der Waals surface area contributed by atoms with Gasteiger partial charge in [-0.25, -0.2) is 17.2 Å². The second-order valence-corrected chi connectivity index (χ2v) is 6.97. The summed E-state index contributed by atoms with van der Waals surface area (Å²) in [5.41, 5.74) is 5.88. The third kappa shape index (κ3) is 3.33. The maximum atomic E-state index is 13.7. The Morgan fingerprint density at radius 3 is 2.24 bits per heavy atom. The lowest BCUT2D eigenvalue weighted by Crippen LogP contribution is -2.15. The zero-order chi connectivity index (χ0) is 15.8. The van der Waals surface area contributed by atoms with Crippen molar-refractivity contribution in [1.82, 2.24) is 0 Å². The summed E-state index contributed by atoms with van der Waals surface area (Å²) in [6.07, 6.45) is 0. The summed E-state index contributed by atoms with van der Waals surface area (Å²) in [6, 6.07) is 5.97. The van der Waals surface area contributed by atoms with Gasteiger partial charge in [-0.2, -0.15) is 0 Å². The summed E-state index contributed by atoms with van der Waals surface area (Å²) >= 11 is 2.92. The number of anilines is 2. The molecule has 2 aromatic carbocycles. The van der Waals surface area contributed by atoms with Crippen molar-refractivity contribution in [1.29, 1.82) is 0 Å². The quantitative estimate of drug-likeness (QED) is 0.806. The van der Waals surface area contributed by atoms with Gasteiger partial charge in [-0.1, -0.05) is 22.0 Å². The van der Waals surface area contributed by atoms with Gasteiger partial charge in [-0.15, -0.1) is 0 Å². The van der Waals surface area contributed by atoms with Crippen LogP contribution >= 0.6 is 15.9 Å². The van der Waals surface area contributed by atoms with E-state index in [2.05, 4.69) is 15.9 Å². The molecule has 112 valence electrons. The first kappa shape index (κ1) is 15.7. The number of benzene rings is 2. The molecule has 0 atom stereocenters. The van der Waals surface area contributed by atoms with Gasteiger partial charge < -0.3 is 5.73 Å². The van der Waals surface area contributed by atoms with Crippen LogP contribution in [0.1, 0.15) is 5.56 Å². The number of nitrogens with two attached hydrogens (primary N) is 1. The van der Waals surface area contributed by atoms with E-state index in [9.17, 15) is 17.2 Å². The minimum absolute atomic E-state index is 0.167. The Bertz CT molecular complexity index is 787. The van der Waals surface area contributed by atoms with Gasteiger partial charge in [0.1, 0.15) is 5.69 Å². The summed E-state index contributed by atoms with van der Waals surface area (Å²) in [6.45, 7) is 1.72. The Labute approximate surface area is 129 Å². The number of rotatable bonds is 3. The van der Waals surface area contributed by atoms with E-state index in [4.69, 9.17) is 5.73 Å². The number of nitrogen functional groups attached to an aromatic ring is 1. The summed E-state index contributed by atoms with van der Waals surface area (Å²) < 4.78 is 53.7. The molecule has 0 spiro atoms. The van der Waals surface area contributed by atoms with Crippen molar-refractivity contribution in [2.45, 2.75) is 11.8 Å². The van der Waals surface area contributed by atoms with Gasteiger partial charge >= 0.3 is 0 Å². The van der Waals surface area contributed by atoms with Crippen molar-refractivity contribution in [3.8, 4) is 0 Å². The standard InChI is InChI=1S/C13H11BrF2N2O2S/c1-7-2-3-9(6-12(7)17)21(19,20)18-13-10(15)4-8(14)5-11(13)16/h2-6,18H,17H2,1H3. The van der Waals surface area contributed by atoms with Crippen molar-refractivity contribution in [3.05, 3.63) is 52.0 Å². The van der Waals surface area contributed by atoms with Gasteiger partial charge in [0, 0.05) is 10.2 Å². The van der Waals surface area contributed by atoms with E-state index in [1.54, 1.807) is 6.92 Å². The number of halogens is 3. The largest absolute Gasteiger partial charge is 0.398 e. The minimum Gasteiger partial charge on any atom is -0.398 e. The van der Waals surface area contributed by atoms with Crippen LogP contribution in [0.5, 0.6) is 0 Å². The monoisotopic (exact) mass is 376 g/mol. The van der Waals surface area contributed by atoms with Gasteiger partial charge in [-0.05, 0) is 36.8 Å². The molecule has 8 heteroatoms. The van der Waals surface area contributed by atoms with Gasteiger partial charge in [-0.3, -0.25) is 4.72 Å². The Morgan fingerprint density at radius 1 is 1.14 bits per heavy atom. The fourth-order valence-electron chi connectivity index (χ4n) is 1.62. The van der Waals surface area contributed by atoms with Crippen LogP contribution in [-0.2, 0) is 10.0 Å². The van der Waals surface area contributed by atoms with Gasteiger partial charge in [0.05, 0.1) is 4.90 Å². The maximum absolute atomic E-state index is 13.7. The van der Waals surface area contributed by atoms with Crippen LogP contribution < -0.4 is 10.5 Å². The van der Waals surface area contributed by atoms with Crippen LogP contribution in [0.25, 0.3) is 0 Å². The molecule has 4 nitrogen and oxygen atoms in total. The van der Waals surface area contributed by atoms with Crippen molar-refractivity contribution < 1.29 is 17.2 Å². The molecule has 2 rings (SSSR count). The molecular weight excluding hydrogens is 366 g/mol. The maximum Gasteiger partial charge on any atom is 0.262 e. The highest BCUT2D eigenvalue weighted by Crippen LogP contribution is 2.27. The molecule has 0 aliphatic carbocycles. The highest BCUT2D eigenvalue weighted by atomic mass is 79.9. The van der Waals surface area contributed by atoms with E-state index < -0.39 is 27.3 Å². The second kappa shape index (κ2) is 5.61. The molecular formula is C13H11BrF2N2O2S. The fourth-order valence-corrected chi connectivity index (χ4v) is 3.13. The van der Waals surface area contributed by atoms with Crippen molar-refractivity contribution in [2.24, 2.45) is 0 Å². The SMILES string of the molecule is Cc1ccc(S(=O)(=O)Nc2c(F)cc(Br)cc2F)cc1N. The van der Waals surface area contributed by atoms with Crippen LogP contribution in [0.4, 0.5) is 20.2 Å². The Hall–Kier alpha value is -1.67. The second-order valence-electron chi connectivity index (χ2n) is 4.37. The highest BCUT2D eigenvalue weighted by Gasteiger charge is 2.20. The van der Waals surface area contributed by atoms with Crippen LogP contribution in [0.2, 0.25) is 0 Å². The van der Waals surface area contributed by atoms with Crippen molar-refractivity contribution >= 4 is 37.3 Å². The molecule has 0 aliphatic rings. The molecule has 0 heterocycles. The summed E-state index contributed by atoms with van der Waals surface area (Å²) in [4.78, 5) is -0.174. The van der Waals surface area contributed by atoms with Crippen LogP contribution in [0.3, 0.4) is 0 Å². The number of nitrogens with one attached hydrogen (secondary N) is 1. The zero-order valence-electron chi connectivity index (χ0n) is 10.8. The van der Waals surface area contributed by atoms with Gasteiger partial charge in [0.15, 0.2) is 11.6 Å². The van der Waals surface area contributed by atoms with E-state index in [-0.39, 0.29) is 15.1 Å². The molecule has 3 N–H and O–H groups in total. The topological polar surface area (TPSA) is 72.2 Å². The average molecular weight is 377 g/mol. The fraction of sp³-hybridized carbons (Fsp3) is 0.0769. The molecule has 0 aromatic heterocycles. The van der Waals surface area contributed by atoms with Crippen molar-refractivity contribution in [2.75, 3.05) is 10.5 Å². The van der Waals surface area contributed by atoms with Crippen LogP contribution in [-0.4, -0.2) is 8.42 Å². The third-order valence-corrected chi connectivity index (χ3v) is 4.61. The first-order valence-corrected chi connectivity index (χ1v) is 8.02. The molecule has 21 heavy (non-hydrogen) atoms. The normalized spacial score (nSPS) is 11.4. The lowest BCUT2D eigenvalue weighted by atomic mass is 10.2. The first-order chi connectivity index (χ1) is 9.70. The zero-order valence-corrected chi connectivity index (χ0v) is 13.2. The van der Waals surface area contributed by atoms with Crippen molar-refractivity contribution in [3.63, 3.8) is 0 Å². The van der Waals surface area contributed by atoms with Crippen LogP contribution in [0, 0.1) is 18.6 Å². The van der Waals surface area contributed by atoms with E-state index in [1.807, 2.05) is 4.72 Å². The molecule has 2 aromatic rings. The number of hydrogen-bond donors (Lipinski definition) is 2. The van der Waals surface area contributed by atoms with Gasteiger partial charge in [0.2, 0.25) is 0 Å². The average Bonchev–Trinajstić information content (AvgIpc) is 2.37. The molecule has 0 amide bonds. The lowest BCUT2D eigenvalue weighted by Gasteiger charge is -2.11. The summed E-state index contributed by atoms with van der Waals surface area (Å²) in [7, 11) is -4.14. The molecule has 0 bridgehead atoms. The molecule has 0 unspecified atom stereocenters. The van der Waals surface area contributed by atoms with E-state index in [1.165, 1.54) is 18.2 Å². The number of aryl methyl sites for hydroxylation is 1. The summed E-state index contributed by atoms with van der Waals surface area (Å²) in [5, 5.41) is 0. The van der Waals surface area contributed by atoms with E-state index in [0.717, 1.165) is 12.1 Å². The molecule has 0 aliphatic heterocycles. The third-order valence-electron chi connectivity index (χ3n) is 2.80. The number of sulfonamides is 1.